The smallest absolute Gasteiger partial charge is 0.318 e. The Labute approximate surface area is 188 Å². The molecule has 2 aromatic carbocycles. The number of likely N-dealkylation sites (tertiary alicyclic amines) is 1. The molecule has 0 spiro atoms. The van der Waals surface area contributed by atoms with E-state index in [-0.39, 0.29) is 18.1 Å². The Morgan fingerprint density at radius 1 is 1.16 bits per heavy atom. The van der Waals surface area contributed by atoms with E-state index in [1.807, 2.05) is 54.3 Å². The summed E-state index contributed by atoms with van der Waals surface area (Å²) in [6.07, 6.45) is 2.67. The summed E-state index contributed by atoms with van der Waals surface area (Å²) in [4.78, 5) is 15.1. The molecule has 0 aliphatic carbocycles. The summed E-state index contributed by atoms with van der Waals surface area (Å²) in [5, 5.41) is 12.7. The summed E-state index contributed by atoms with van der Waals surface area (Å²) in [7, 11) is 0. The Balaban J connectivity index is 1.53. The van der Waals surface area contributed by atoms with Crippen LogP contribution in [0.15, 0.2) is 54.6 Å². The second kappa shape index (κ2) is 9.52. The van der Waals surface area contributed by atoms with Crippen molar-refractivity contribution >= 4 is 17.6 Å². The van der Waals surface area contributed by atoms with E-state index in [4.69, 9.17) is 11.6 Å². The van der Waals surface area contributed by atoms with Crippen LogP contribution in [-0.2, 0) is 6.54 Å². The molecule has 4 rings (SSSR count). The Morgan fingerprint density at radius 3 is 2.61 bits per heavy atom. The monoisotopic (exact) mass is 437 g/mol. The SMILES string of the molecule is CC[C@H](NC(=O)N1CCC[C@@H]1c1nnc(C)n1Cc1ccc(Cl)cc1)c1ccccc1. The molecule has 2 atom stereocenters. The summed E-state index contributed by atoms with van der Waals surface area (Å²) in [6, 6.07) is 17.8. The number of aromatic nitrogens is 3. The zero-order chi connectivity index (χ0) is 21.8. The lowest BCUT2D eigenvalue weighted by Gasteiger charge is -2.27. The Hall–Kier alpha value is -2.86. The largest absolute Gasteiger partial charge is 0.331 e. The van der Waals surface area contributed by atoms with Crippen LogP contribution in [0.25, 0.3) is 0 Å². The van der Waals surface area contributed by atoms with Gasteiger partial charge in [-0.2, -0.15) is 0 Å². The Morgan fingerprint density at radius 2 is 1.90 bits per heavy atom. The molecule has 0 saturated carbocycles. The van der Waals surface area contributed by atoms with Crippen molar-refractivity contribution in [3.8, 4) is 0 Å². The molecule has 2 heterocycles. The zero-order valence-corrected chi connectivity index (χ0v) is 18.7. The van der Waals surface area contributed by atoms with Crippen LogP contribution in [0.1, 0.15) is 61.0 Å². The minimum absolute atomic E-state index is 0.0105. The molecule has 0 unspecified atom stereocenters. The van der Waals surface area contributed by atoms with Crippen molar-refractivity contribution in [2.45, 2.75) is 51.7 Å². The summed E-state index contributed by atoms with van der Waals surface area (Å²) >= 11 is 6.03. The Kier molecular flexibility index (Phi) is 6.56. The van der Waals surface area contributed by atoms with Gasteiger partial charge in [0, 0.05) is 11.6 Å². The van der Waals surface area contributed by atoms with Crippen LogP contribution in [0.5, 0.6) is 0 Å². The van der Waals surface area contributed by atoms with Gasteiger partial charge in [0.05, 0.1) is 18.6 Å². The average molecular weight is 438 g/mol. The molecule has 6 nitrogen and oxygen atoms in total. The van der Waals surface area contributed by atoms with Crippen LogP contribution in [0.2, 0.25) is 5.02 Å². The summed E-state index contributed by atoms with van der Waals surface area (Å²) in [5.41, 5.74) is 2.24. The number of nitrogens with one attached hydrogen (secondary N) is 1. The molecular weight excluding hydrogens is 410 g/mol. The third-order valence-corrected chi connectivity index (χ3v) is 6.19. The van der Waals surface area contributed by atoms with Gasteiger partial charge in [-0.3, -0.25) is 0 Å². The number of halogens is 1. The second-order valence-corrected chi connectivity index (χ2v) is 8.43. The van der Waals surface area contributed by atoms with Crippen molar-refractivity contribution in [2.75, 3.05) is 6.54 Å². The highest BCUT2D eigenvalue weighted by molar-refractivity contribution is 6.30. The highest BCUT2D eigenvalue weighted by Gasteiger charge is 2.34. The van der Waals surface area contributed by atoms with Gasteiger partial charge >= 0.3 is 6.03 Å². The zero-order valence-electron chi connectivity index (χ0n) is 18.0. The lowest BCUT2D eigenvalue weighted by atomic mass is 10.1. The normalized spacial score (nSPS) is 17.0. The fourth-order valence-electron chi connectivity index (χ4n) is 4.23. The van der Waals surface area contributed by atoms with Gasteiger partial charge in [0.1, 0.15) is 5.82 Å². The van der Waals surface area contributed by atoms with Gasteiger partial charge < -0.3 is 14.8 Å². The predicted octanol–water partition coefficient (Wildman–Crippen LogP) is 5.29. The third kappa shape index (κ3) is 4.74. The molecule has 1 saturated heterocycles. The van der Waals surface area contributed by atoms with E-state index in [9.17, 15) is 4.79 Å². The maximum atomic E-state index is 13.2. The lowest BCUT2D eigenvalue weighted by Crippen LogP contribution is -2.41. The number of hydrogen-bond donors (Lipinski definition) is 1. The predicted molar refractivity (Wildman–Crippen MR) is 122 cm³/mol. The minimum Gasteiger partial charge on any atom is -0.331 e. The highest BCUT2D eigenvalue weighted by Crippen LogP contribution is 2.32. The van der Waals surface area contributed by atoms with Crippen LogP contribution in [0, 0.1) is 6.92 Å². The number of benzene rings is 2. The van der Waals surface area contributed by atoms with E-state index >= 15 is 0 Å². The van der Waals surface area contributed by atoms with Crippen LogP contribution in [0.4, 0.5) is 4.79 Å². The van der Waals surface area contributed by atoms with Gasteiger partial charge in [-0.25, -0.2) is 4.79 Å². The molecule has 7 heteroatoms. The molecule has 0 radical (unpaired) electrons. The van der Waals surface area contributed by atoms with Crippen molar-refractivity contribution in [3.63, 3.8) is 0 Å². The Bertz CT molecular complexity index is 1020. The first kappa shape index (κ1) is 21.4. The van der Waals surface area contributed by atoms with Gasteiger partial charge in [0.2, 0.25) is 0 Å². The number of carbonyl (C=O) groups is 1. The van der Waals surface area contributed by atoms with Crippen molar-refractivity contribution in [3.05, 3.63) is 82.4 Å². The second-order valence-electron chi connectivity index (χ2n) is 7.99. The fourth-order valence-corrected chi connectivity index (χ4v) is 4.35. The molecule has 1 N–H and O–H groups in total. The number of rotatable bonds is 6. The van der Waals surface area contributed by atoms with Crippen LogP contribution >= 0.6 is 11.6 Å². The first-order chi connectivity index (χ1) is 15.1. The number of carbonyl (C=O) groups excluding carboxylic acids is 1. The molecule has 31 heavy (non-hydrogen) atoms. The number of urea groups is 1. The standard InChI is InChI=1S/C24H28ClN5O/c1-3-21(19-8-5-4-6-9-19)26-24(31)29-15-7-10-22(29)23-28-27-17(2)30(23)16-18-11-13-20(25)14-12-18/h4-6,8-9,11-14,21-22H,3,7,10,15-16H2,1-2H3,(H,26,31)/t21-,22+/m0/s1. The molecular formula is C24H28ClN5O. The molecule has 3 aromatic rings. The molecule has 2 amide bonds. The average Bonchev–Trinajstić information content (AvgIpc) is 3.41. The van der Waals surface area contributed by atoms with Crippen molar-refractivity contribution in [1.82, 2.24) is 25.0 Å². The maximum absolute atomic E-state index is 13.2. The number of hydrogen-bond acceptors (Lipinski definition) is 3. The van der Waals surface area contributed by atoms with Crippen molar-refractivity contribution in [2.24, 2.45) is 0 Å². The lowest BCUT2D eigenvalue weighted by molar-refractivity contribution is 0.185. The van der Waals surface area contributed by atoms with Gasteiger partial charge in [0.25, 0.3) is 0 Å². The first-order valence-corrected chi connectivity index (χ1v) is 11.2. The van der Waals surface area contributed by atoms with E-state index in [0.29, 0.717) is 18.1 Å². The van der Waals surface area contributed by atoms with E-state index in [1.165, 1.54) is 0 Å². The van der Waals surface area contributed by atoms with Crippen molar-refractivity contribution in [1.29, 1.82) is 0 Å². The summed E-state index contributed by atoms with van der Waals surface area (Å²) in [6.45, 7) is 5.41. The number of aryl methyl sites for hydroxylation is 1. The van der Waals surface area contributed by atoms with E-state index in [0.717, 1.165) is 42.0 Å². The van der Waals surface area contributed by atoms with Crippen LogP contribution in [0.3, 0.4) is 0 Å². The highest BCUT2D eigenvalue weighted by atomic mass is 35.5. The van der Waals surface area contributed by atoms with Crippen LogP contribution in [-0.4, -0.2) is 32.2 Å². The van der Waals surface area contributed by atoms with E-state index in [2.05, 4.69) is 39.1 Å². The van der Waals surface area contributed by atoms with Gasteiger partial charge in [-0.05, 0) is 49.4 Å². The first-order valence-electron chi connectivity index (χ1n) is 10.8. The number of nitrogens with zero attached hydrogens (tertiary/aromatic N) is 4. The molecule has 1 fully saturated rings. The summed E-state index contributed by atoms with van der Waals surface area (Å²) < 4.78 is 2.11. The molecule has 1 aromatic heterocycles. The molecule has 0 bridgehead atoms. The molecule has 1 aliphatic rings. The minimum atomic E-state index is -0.0817. The van der Waals surface area contributed by atoms with Gasteiger partial charge in [-0.15, -0.1) is 10.2 Å². The fraction of sp³-hybridized carbons (Fsp3) is 0.375. The maximum Gasteiger partial charge on any atom is 0.318 e. The molecule has 162 valence electrons. The summed E-state index contributed by atoms with van der Waals surface area (Å²) in [5.74, 6) is 1.68. The van der Waals surface area contributed by atoms with Crippen LogP contribution < -0.4 is 5.32 Å². The van der Waals surface area contributed by atoms with Gasteiger partial charge in [-0.1, -0.05) is 61.0 Å². The molecule has 1 aliphatic heterocycles. The van der Waals surface area contributed by atoms with E-state index in [1.54, 1.807) is 0 Å². The van der Waals surface area contributed by atoms with Crippen molar-refractivity contribution < 1.29 is 4.79 Å². The third-order valence-electron chi connectivity index (χ3n) is 5.94. The topological polar surface area (TPSA) is 63.1 Å². The number of amides is 2. The quantitative estimate of drug-likeness (QED) is 0.570. The van der Waals surface area contributed by atoms with E-state index < -0.39 is 0 Å². The van der Waals surface area contributed by atoms with Gasteiger partial charge in [0.15, 0.2) is 5.82 Å².